The van der Waals surface area contributed by atoms with Crippen LogP contribution >= 0.6 is 11.3 Å². The highest BCUT2D eigenvalue weighted by Gasteiger charge is 2.22. The smallest absolute Gasteiger partial charge is 0.0652 e. The molecule has 1 aromatic rings. The van der Waals surface area contributed by atoms with Crippen LogP contribution in [0.4, 0.5) is 0 Å². The maximum absolute atomic E-state index is 9.74. The molecule has 2 nitrogen and oxygen atoms in total. The van der Waals surface area contributed by atoms with E-state index in [0.29, 0.717) is 6.04 Å². The summed E-state index contributed by atoms with van der Waals surface area (Å²) in [6, 6.07) is 5.10. The van der Waals surface area contributed by atoms with Gasteiger partial charge in [0.25, 0.3) is 0 Å². The lowest BCUT2D eigenvalue weighted by Crippen LogP contribution is -2.34. The number of aliphatic hydroxyl groups excluding tert-OH is 1. The zero-order valence-corrected chi connectivity index (χ0v) is 13.9. The fourth-order valence-electron chi connectivity index (χ4n) is 2.90. The van der Waals surface area contributed by atoms with Crippen molar-refractivity contribution in [3.63, 3.8) is 0 Å². The lowest BCUT2D eigenvalue weighted by atomic mass is 9.95. The largest absolute Gasteiger partial charge is 0.394 e. The van der Waals surface area contributed by atoms with Crippen LogP contribution in [0.1, 0.15) is 75.1 Å². The van der Waals surface area contributed by atoms with E-state index < -0.39 is 0 Å². The first kappa shape index (κ1) is 16.0. The van der Waals surface area contributed by atoms with Crippen LogP contribution in [0.15, 0.2) is 12.1 Å². The molecule has 114 valence electrons. The number of aliphatic hydroxyl groups is 1. The molecule has 2 rings (SSSR count). The van der Waals surface area contributed by atoms with Crippen molar-refractivity contribution in [2.75, 3.05) is 6.61 Å². The maximum Gasteiger partial charge on any atom is 0.0652 e. The molecular formula is C17H29NOS. The Labute approximate surface area is 127 Å². The molecule has 0 radical (unpaired) electrons. The first-order chi connectivity index (χ1) is 9.50. The molecule has 0 amide bonds. The average molecular weight is 295 g/mol. The van der Waals surface area contributed by atoms with Crippen molar-refractivity contribution in [2.24, 2.45) is 0 Å². The van der Waals surface area contributed by atoms with E-state index in [1.54, 1.807) is 0 Å². The van der Waals surface area contributed by atoms with Crippen molar-refractivity contribution < 1.29 is 5.11 Å². The Morgan fingerprint density at radius 2 is 1.85 bits per heavy atom. The third-order valence-corrected chi connectivity index (χ3v) is 5.81. The summed E-state index contributed by atoms with van der Waals surface area (Å²) in [5, 5.41) is 13.4. The van der Waals surface area contributed by atoms with Gasteiger partial charge in [0.05, 0.1) is 12.6 Å². The Balaban J connectivity index is 2.02. The number of rotatable bonds is 4. The summed E-state index contributed by atoms with van der Waals surface area (Å²) in [7, 11) is 0. The van der Waals surface area contributed by atoms with Gasteiger partial charge in [0.1, 0.15) is 0 Å². The Kier molecular flexibility index (Phi) is 5.65. The van der Waals surface area contributed by atoms with Gasteiger partial charge in [-0.3, -0.25) is 0 Å². The van der Waals surface area contributed by atoms with Crippen LogP contribution < -0.4 is 5.32 Å². The summed E-state index contributed by atoms with van der Waals surface area (Å²) in [6.07, 6.45) is 7.91. The average Bonchev–Trinajstić information content (AvgIpc) is 2.75. The van der Waals surface area contributed by atoms with E-state index in [4.69, 9.17) is 0 Å². The molecule has 0 aliphatic heterocycles. The summed E-state index contributed by atoms with van der Waals surface area (Å²) in [5.41, 5.74) is 0.200. The molecule has 3 heteroatoms. The van der Waals surface area contributed by atoms with Crippen LogP contribution in [0.2, 0.25) is 0 Å². The quantitative estimate of drug-likeness (QED) is 0.807. The highest BCUT2D eigenvalue weighted by Crippen LogP contribution is 2.33. The Morgan fingerprint density at radius 3 is 2.35 bits per heavy atom. The SMILES string of the molecule is CC(C)(C)c1ccc(C(CO)NC2CCCCCC2)s1. The molecular weight excluding hydrogens is 266 g/mol. The number of thiophene rings is 1. The van der Waals surface area contributed by atoms with Gasteiger partial charge < -0.3 is 10.4 Å². The van der Waals surface area contributed by atoms with Crippen LogP contribution in [0.5, 0.6) is 0 Å². The van der Waals surface area contributed by atoms with Gasteiger partial charge in [0.15, 0.2) is 0 Å². The molecule has 0 saturated heterocycles. The fraction of sp³-hybridized carbons (Fsp3) is 0.765. The van der Waals surface area contributed by atoms with Crippen molar-refractivity contribution in [1.29, 1.82) is 0 Å². The lowest BCUT2D eigenvalue weighted by Gasteiger charge is -2.23. The van der Waals surface area contributed by atoms with Gasteiger partial charge in [-0.2, -0.15) is 0 Å². The predicted octanol–water partition coefficient (Wildman–Crippen LogP) is 4.39. The first-order valence-electron chi connectivity index (χ1n) is 7.98. The van der Waals surface area contributed by atoms with Gasteiger partial charge in [-0.05, 0) is 30.4 Å². The maximum atomic E-state index is 9.74. The lowest BCUT2D eigenvalue weighted by molar-refractivity contribution is 0.230. The van der Waals surface area contributed by atoms with Crippen molar-refractivity contribution in [1.82, 2.24) is 5.32 Å². The molecule has 0 aromatic carbocycles. The monoisotopic (exact) mass is 295 g/mol. The van der Waals surface area contributed by atoms with Crippen molar-refractivity contribution >= 4 is 11.3 Å². The van der Waals surface area contributed by atoms with Gasteiger partial charge in [-0.15, -0.1) is 11.3 Å². The fourth-order valence-corrected chi connectivity index (χ4v) is 4.02. The minimum Gasteiger partial charge on any atom is -0.394 e. The highest BCUT2D eigenvalue weighted by atomic mass is 32.1. The van der Waals surface area contributed by atoms with E-state index in [9.17, 15) is 5.11 Å². The van der Waals surface area contributed by atoms with E-state index in [0.717, 1.165) is 0 Å². The van der Waals surface area contributed by atoms with Gasteiger partial charge in [-0.25, -0.2) is 0 Å². The predicted molar refractivity (Wildman–Crippen MR) is 87.5 cm³/mol. The normalized spacial score (nSPS) is 19.8. The van der Waals surface area contributed by atoms with E-state index in [2.05, 4.69) is 38.2 Å². The topological polar surface area (TPSA) is 32.3 Å². The molecule has 2 N–H and O–H groups in total. The molecule has 0 spiro atoms. The minimum atomic E-state index is 0.110. The summed E-state index contributed by atoms with van der Waals surface area (Å²) in [6.45, 7) is 6.93. The third-order valence-electron chi connectivity index (χ3n) is 4.18. The van der Waals surface area contributed by atoms with Gasteiger partial charge in [0, 0.05) is 15.8 Å². The van der Waals surface area contributed by atoms with E-state index in [1.807, 2.05) is 11.3 Å². The van der Waals surface area contributed by atoms with Crippen molar-refractivity contribution in [3.05, 3.63) is 21.9 Å². The number of hydrogen-bond acceptors (Lipinski definition) is 3. The van der Waals surface area contributed by atoms with E-state index in [-0.39, 0.29) is 18.1 Å². The molecule has 1 saturated carbocycles. The van der Waals surface area contributed by atoms with Crippen molar-refractivity contribution in [3.8, 4) is 0 Å². The van der Waals surface area contributed by atoms with Gasteiger partial charge in [-0.1, -0.05) is 46.5 Å². The van der Waals surface area contributed by atoms with E-state index in [1.165, 1.54) is 48.3 Å². The minimum absolute atomic E-state index is 0.110. The highest BCUT2D eigenvalue weighted by molar-refractivity contribution is 7.12. The van der Waals surface area contributed by atoms with Crippen molar-refractivity contribution in [2.45, 2.75) is 76.8 Å². The van der Waals surface area contributed by atoms with Crippen LogP contribution in [-0.4, -0.2) is 17.8 Å². The van der Waals surface area contributed by atoms with E-state index >= 15 is 0 Å². The van der Waals surface area contributed by atoms with Crippen LogP contribution in [0.3, 0.4) is 0 Å². The summed E-state index contributed by atoms with van der Waals surface area (Å²) >= 11 is 1.84. The molecule has 1 aliphatic rings. The zero-order chi connectivity index (χ0) is 14.6. The molecule has 1 aromatic heterocycles. The van der Waals surface area contributed by atoms with Gasteiger partial charge >= 0.3 is 0 Å². The molecule has 1 unspecified atom stereocenters. The molecule has 1 fully saturated rings. The number of hydrogen-bond donors (Lipinski definition) is 2. The molecule has 20 heavy (non-hydrogen) atoms. The summed E-state index contributed by atoms with van der Waals surface area (Å²) < 4.78 is 0. The zero-order valence-electron chi connectivity index (χ0n) is 13.1. The summed E-state index contributed by atoms with van der Waals surface area (Å²) in [4.78, 5) is 2.68. The summed E-state index contributed by atoms with van der Waals surface area (Å²) in [5.74, 6) is 0. The molecule has 1 aliphatic carbocycles. The second-order valence-corrected chi connectivity index (χ2v) is 8.16. The second-order valence-electron chi connectivity index (χ2n) is 7.04. The standard InChI is InChI=1S/C17H29NOS/c1-17(2,3)16-11-10-15(20-16)14(12-19)18-13-8-6-4-5-7-9-13/h10-11,13-14,18-19H,4-9,12H2,1-3H3. The first-order valence-corrected chi connectivity index (χ1v) is 8.79. The van der Waals surface area contributed by atoms with Crippen LogP contribution in [-0.2, 0) is 5.41 Å². The number of nitrogens with one attached hydrogen (secondary N) is 1. The van der Waals surface area contributed by atoms with Crippen LogP contribution in [0.25, 0.3) is 0 Å². The Hall–Kier alpha value is -0.380. The Morgan fingerprint density at radius 1 is 1.20 bits per heavy atom. The molecule has 1 heterocycles. The second kappa shape index (κ2) is 7.06. The molecule has 0 bridgehead atoms. The molecule has 1 atom stereocenters. The van der Waals surface area contributed by atoms with Gasteiger partial charge in [0.2, 0.25) is 0 Å². The third kappa shape index (κ3) is 4.31. The Bertz CT molecular complexity index is 399. The van der Waals surface area contributed by atoms with Crippen LogP contribution in [0, 0.1) is 0 Å².